The summed E-state index contributed by atoms with van der Waals surface area (Å²) in [7, 11) is 0. The summed E-state index contributed by atoms with van der Waals surface area (Å²) in [6.45, 7) is 2.66. The van der Waals surface area contributed by atoms with Crippen LogP contribution in [0.15, 0.2) is 54.6 Å². The molecule has 0 atom stereocenters. The Bertz CT molecular complexity index is 893. The molecule has 0 amide bonds. The fourth-order valence-corrected chi connectivity index (χ4v) is 4.27. The normalized spacial score (nSPS) is 10.7. The van der Waals surface area contributed by atoms with Gasteiger partial charge in [0, 0.05) is 22.6 Å². The highest BCUT2D eigenvalue weighted by Crippen LogP contribution is 2.27. The Balaban J connectivity index is 1.54. The van der Waals surface area contributed by atoms with Gasteiger partial charge in [-0.05, 0) is 24.6 Å². The van der Waals surface area contributed by atoms with E-state index in [1.807, 2.05) is 42.5 Å². The molecule has 1 aromatic heterocycles. The molecule has 0 aliphatic heterocycles. The van der Waals surface area contributed by atoms with Crippen molar-refractivity contribution in [2.24, 2.45) is 0 Å². The second-order valence-electron chi connectivity index (χ2n) is 6.02. The molecular formula is C21H21NO3S2. The van der Waals surface area contributed by atoms with Crippen LogP contribution >= 0.6 is 23.1 Å². The van der Waals surface area contributed by atoms with Crippen molar-refractivity contribution in [3.8, 4) is 16.3 Å². The monoisotopic (exact) mass is 399 g/mol. The van der Waals surface area contributed by atoms with Crippen LogP contribution in [0.4, 0.5) is 0 Å². The molecule has 2 aromatic carbocycles. The van der Waals surface area contributed by atoms with Gasteiger partial charge in [0.25, 0.3) is 0 Å². The van der Waals surface area contributed by atoms with Gasteiger partial charge >= 0.3 is 5.97 Å². The van der Waals surface area contributed by atoms with Crippen molar-refractivity contribution < 1.29 is 14.6 Å². The Kier molecular flexibility index (Phi) is 6.90. The standard InChI is InChI=1S/C21H21NO3S2/c1-15-19(22-21(27-15)17-7-3-2-4-8-17)10-11-25-18-9-5-6-16(12-18)13-26-14-20(23)24/h2-9,12H,10-11,13-14H2,1H3,(H,23,24). The zero-order valence-electron chi connectivity index (χ0n) is 15.1. The number of carbonyl (C=O) groups is 1. The minimum absolute atomic E-state index is 0.109. The van der Waals surface area contributed by atoms with Crippen molar-refractivity contribution in [3.63, 3.8) is 0 Å². The maximum atomic E-state index is 10.6. The van der Waals surface area contributed by atoms with E-state index in [-0.39, 0.29) is 5.75 Å². The summed E-state index contributed by atoms with van der Waals surface area (Å²) >= 11 is 3.09. The van der Waals surface area contributed by atoms with E-state index in [1.54, 1.807) is 11.3 Å². The van der Waals surface area contributed by atoms with Gasteiger partial charge in [-0.1, -0.05) is 42.5 Å². The van der Waals surface area contributed by atoms with Crippen LogP contribution in [0, 0.1) is 6.92 Å². The van der Waals surface area contributed by atoms with Gasteiger partial charge in [-0.2, -0.15) is 0 Å². The quantitative estimate of drug-likeness (QED) is 0.545. The molecule has 0 saturated carbocycles. The molecule has 4 nitrogen and oxygen atoms in total. The predicted molar refractivity (Wildman–Crippen MR) is 112 cm³/mol. The number of aromatic nitrogens is 1. The molecular weight excluding hydrogens is 378 g/mol. The third kappa shape index (κ3) is 5.84. The summed E-state index contributed by atoms with van der Waals surface area (Å²) in [4.78, 5) is 16.6. The number of hydrogen-bond acceptors (Lipinski definition) is 5. The largest absolute Gasteiger partial charge is 0.493 e. The molecule has 0 radical (unpaired) electrons. The van der Waals surface area contributed by atoms with Gasteiger partial charge in [0.05, 0.1) is 18.1 Å². The number of nitrogens with zero attached hydrogens (tertiary/aromatic N) is 1. The van der Waals surface area contributed by atoms with Crippen molar-refractivity contribution in [2.45, 2.75) is 19.1 Å². The lowest BCUT2D eigenvalue weighted by Crippen LogP contribution is -2.03. The highest BCUT2D eigenvalue weighted by Gasteiger charge is 2.09. The highest BCUT2D eigenvalue weighted by molar-refractivity contribution is 7.99. The lowest BCUT2D eigenvalue weighted by atomic mass is 10.2. The molecule has 0 aliphatic carbocycles. The van der Waals surface area contributed by atoms with E-state index in [9.17, 15) is 4.79 Å². The number of carboxylic acid groups (broad SMARTS) is 1. The second kappa shape index (κ2) is 9.58. The summed E-state index contributed by atoms with van der Waals surface area (Å²) in [5, 5.41) is 9.76. The molecule has 0 unspecified atom stereocenters. The van der Waals surface area contributed by atoms with Gasteiger partial charge in [0.15, 0.2) is 0 Å². The van der Waals surface area contributed by atoms with Gasteiger partial charge in [-0.15, -0.1) is 23.1 Å². The SMILES string of the molecule is Cc1sc(-c2ccccc2)nc1CCOc1cccc(CSCC(=O)O)c1. The third-order valence-corrected chi connectivity index (χ3v) is 5.96. The van der Waals surface area contributed by atoms with Gasteiger partial charge in [0.1, 0.15) is 10.8 Å². The molecule has 0 saturated heterocycles. The first-order valence-corrected chi connectivity index (χ1v) is 10.6. The maximum absolute atomic E-state index is 10.6. The van der Waals surface area contributed by atoms with Gasteiger partial charge in [-0.3, -0.25) is 4.79 Å². The summed E-state index contributed by atoms with van der Waals surface area (Å²) in [6.07, 6.45) is 0.757. The van der Waals surface area contributed by atoms with Crippen molar-refractivity contribution >= 4 is 29.1 Å². The van der Waals surface area contributed by atoms with Crippen molar-refractivity contribution in [1.82, 2.24) is 4.98 Å². The average molecular weight is 400 g/mol. The number of carboxylic acids is 1. The Labute approximate surface area is 167 Å². The molecule has 6 heteroatoms. The van der Waals surface area contributed by atoms with Crippen molar-refractivity contribution in [1.29, 1.82) is 0 Å². The number of benzene rings is 2. The Hall–Kier alpha value is -2.31. The highest BCUT2D eigenvalue weighted by atomic mass is 32.2. The summed E-state index contributed by atoms with van der Waals surface area (Å²) in [5.41, 5.74) is 3.28. The van der Waals surface area contributed by atoms with Gasteiger partial charge < -0.3 is 9.84 Å². The van der Waals surface area contributed by atoms with Crippen LogP contribution in [0.5, 0.6) is 5.75 Å². The lowest BCUT2D eigenvalue weighted by molar-refractivity contribution is -0.133. The lowest BCUT2D eigenvalue weighted by Gasteiger charge is -2.07. The second-order valence-corrected chi connectivity index (χ2v) is 8.21. The number of aryl methyl sites for hydroxylation is 1. The van der Waals surface area contributed by atoms with E-state index in [0.717, 1.165) is 34.0 Å². The average Bonchev–Trinajstić information content (AvgIpc) is 3.03. The van der Waals surface area contributed by atoms with E-state index >= 15 is 0 Å². The summed E-state index contributed by atoms with van der Waals surface area (Å²) in [6, 6.07) is 18.0. The van der Waals surface area contributed by atoms with Crippen LogP contribution in [-0.2, 0) is 17.0 Å². The maximum Gasteiger partial charge on any atom is 0.313 e. The van der Waals surface area contributed by atoms with Gasteiger partial charge in [0.2, 0.25) is 0 Å². The zero-order chi connectivity index (χ0) is 19.1. The number of thioether (sulfide) groups is 1. The summed E-state index contributed by atoms with van der Waals surface area (Å²) in [5.74, 6) is 0.785. The van der Waals surface area contributed by atoms with Crippen LogP contribution in [0.3, 0.4) is 0 Å². The number of ether oxygens (including phenoxy) is 1. The first kappa shape index (κ1) is 19.5. The fraction of sp³-hybridized carbons (Fsp3) is 0.238. The topological polar surface area (TPSA) is 59.4 Å². The zero-order valence-corrected chi connectivity index (χ0v) is 16.7. The number of thiazole rings is 1. The Morgan fingerprint density at radius 3 is 2.78 bits per heavy atom. The molecule has 3 rings (SSSR count). The first-order valence-electron chi connectivity index (χ1n) is 8.65. The Morgan fingerprint density at radius 1 is 1.19 bits per heavy atom. The number of aliphatic carboxylic acids is 1. The van der Waals surface area contributed by atoms with Crippen LogP contribution in [0.25, 0.3) is 10.6 Å². The minimum Gasteiger partial charge on any atom is -0.493 e. The smallest absolute Gasteiger partial charge is 0.313 e. The number of hydrogen-bond donors (Lipinski definition) is 1. The van der Waals surface area contributed by atoms with E-state index < -0.39 is 5.97 Å². The van der Waals surface area contributed by atoms with Crippen LogP contribution < -0.4 is 4.74 Å². The molecule has 1 N–H and O–H groups in total. The Morgan fingerprint density at radius 2 is 2.00 bits per heavy atom. The third-order valence-electron chi connectivity index (χ3n) is 3.91. The molecule has 0 aliphatic rings. The van der Waals surface area contributed by atoms with Crippen LogP contribution in [0.2, 0.25) is 0 Å². The molecule has 3 aromatic rings. The molecule has 140 valence electrons. The predicted octanol–water partition coefficient (Wildman–Crippen LogP) is 5.06. The van der Waals surface area contributed by atoms with Gasteiger partial charge in [-0.25, -0.2) is 4.98 Å². The first-order chi connectivity index (χ1) is 13.1. The van der Waals surface area contributed by atoms with Crippen molar-refractivity contribution in [3.05, 3.63) is 70.7 Å². The molecule has 27 heavy (non-hydrogen) atoms. The van der Waals surface area contributed by atoms with E-state index in [1.165, 1.54) is 16.6 Å². The molecule has 1 heterocycles. The molecule has 0 spiro atoms. The van der Waals surface area contributed by atoms with Crippen LogP contribution in [-0.4, -0.2) is 28.4 Å². The van der Waals surface area contributed by atoms with E-state index in [0.29, 0.717) is 12.4 Å². The number of rotatable bonds is 9. The molecule has 0 bridgehead atoms. The molecule has 0 fully saturated rings. The fourth-order valence-electron chi connectivity index (χ4n) is 2.61. The van der Waals surface area contributed by atoms with Crippen LogP contribution in [0.1, 0.15) is 16.1 Å². The minimum atomic E-state index is -0.791. The van der Waals surface area contributed by atoms with E-state index in [4.69, 9.17) is 14.8 Å². The summed E-state index contributed by atoms with van der Waals surface area (Å²) < 4.78 is 5.89. The van der Waals surface area contributed by atoms with Crippen molar-refractivity contribution in [2.75, 3.05) is 12.4 Å². The van der Waals surface area contributed by atoms with E-state index in [2.05, 4.69) is 19.1 Å².